The van der Waals surface area contributed by atoms with Gasteiger partial charge in [0.1, 0.15) is 0 Å². The lowest BCUT2D eigenvalue weighted by molar-refractivity contribution is 0.264. The summed E-state index contributed by atoms with van der Waals surface area (Å²) in [5.41, 5.74) is 0. The zero-order valence-corrected chi connectivity index (χ0v) is 9.56. The lowest BCUT2D eigenvalue weighted by Crippen LogP contribution is -2.26. The van der Waals surface area contributed by atoms with E-state index in [1.165, 1.54) is 6.42 Å². The highest BCUT2D eigenvalue weighted by molar-refractivity contribution is 6.18. The second-order valence-electron chi connectivity index (χ2n) is 3.81. The monoisotopic (exact) mass is 207 g/mol. The first-order chi connectivity index (χ1) is 6.20. The van der Waals surface area contributed by atoms with Crippen LogP contribution < -0.4 is 0 Å². The summed E-state index contributed by atoms with van der Waals surface area (Å²) in [6.45, 7) is 4.67. The van der Waals surface area contributed by atoms with Crippen LogP contribution in [0.3, 0.4) is 0 Å². The van der Waals surface area contributed by atoms with Crippen LogP contribution in [0.15, 0.2) is 0 Å². The maximum Gasteiger partial charge on any atom is 0.0431 e. The molecule has 0 aliphatic rings. The van der Waals surface area contributed by atoms with Gasteiger partial charge in [0.15, 0.2) is 0 Å². The van der Waals surface area contributed by atoms with Gasteiger partial charge in [0.05, 0.1) is 0 Å². The molecule has 1 unspecified atom stereocenters. The van der Waals surface area contributed by atoms with E-state index in [0.717, 1.165) is 31.8 Å². The summed E-state index contributed by atoms with van der Waals surface area (Å²) in [6.07, 6.45) is 3.22. The van der Waals surface area contributed by atoms with Crippen LogP contribution in [0.5, 0.6) is 0 Å². The van der Waals surface area contributed by atoms with Crippen LogP contribution >= 0.6 is 11.6 Å². The van der Waals surface area contributed by atoms with Crippen molar-refractivity contribution in [1.29, 1.82) is 0 Å². The van der Waals surface area contributed by atoms with Gasteiger partial charge in [-0.25, -0.2) is 0 Å². The van der Waals surface area contributed by atoms with Gasteiger partial charge in [-0.2, -0.15) is 0 Å². The third-order valence-corrected chi connectivity index (χ3v) is 2.61. The molecule has 80 valence electrons. The SMILES string of the molecule is CC(CCl)CN(C)CCCCCO. The molecule has 0 rings (SSSR count). The number of aliphatic hydroxyl groups excluding tert-OH is 1. The minimum Gasteiger partial charge on any atom is -0.396 e. The second-order valence-corrected chi connectivity index (χ2v) is 4.11. The molecule has 3 heteroatoms. The number of aliphatic hydroxyl groups is 1. The number of halogens is 1. The largest absolute Gasteiger partial charge is 0.396 e. The Morgan fingerprint density at radius 3 is 2.54 bits per heavy atom. The fourth-order valence-corrected chi connectivity index (χ4v) is 1.44. The predicted molar refractivity (Wildman–Crippen MR) is 58.3 cm³/mol. The summed E-state index contributed by atoms with van der Waals surface area (Å²) in [5, 5.41) is 8.58. The Hall–Kier alpha value is 0.210. The molecule has 1 N–H and O–H groups in total. The van der Waals surface area contributed by atoms with Gasteiger partial charge in [0, 0.05) is 19.0 Å². The van der Waals surface area contributed by atoms with Crippen LogP contribution in [0, 0.1) is 5.92 Å². The van der Waals surface area contributed by atoms with Crippen molar-refractivity contribution in [2.75, 3.05) is 32.6 Å². The Labute approximate surface area is 86.9 Å². The Balaban J connectivity index is 3.24. The molecule has 0 bridgehead atoms. The van der Waals surface area contributed by atoms with Gasteiger partial charge < -0.3 is 10.0 Å². The van der Waals surface area contributed by atoms with Crippen molar-refractivity contribution in [3.05, 3.63) is 0 Å². The first-order valence-corrected chi connectivity index (χ1v) is 5.59. The highest BCUT2D eigenvalue weighted by atomic mass is 35.5. The van der Waals surface area contributed by atoms with Gasteiger partial charge in [0.2, 0.25) is 0 Å². The van der Waals surface area contributed by atoms with E-state index < -0.39 is 0 Å². The van der Waals surface area contributed by atoms with Crippen molar-refractivity contribution < 1.29 is 5.11 Å². The molecule has 1 atom stereocenters. The maximum atomic E-state index is 8.58. The summed E-state index contributed by atoms with van der Waals surface area (Å²) in [4.78, 5) is 2.31. The van der Waals surface area contributed by atoms with Crippen molar-refractivity contribution in [3.63, 3.8) is 0 Å². The summed E-state index contributed by atoms with van der Waals surface area (Å²) in [5.74, 6) is 1.31. The first kappa shape index (κ1) is 13.2. The molecule has 0 aromatic heterocycles. The van der Waals surface area contributed by atoms with Gasteiger partial charge in [0.25, 0.3) is 0 Å². The number of nitrogens with zero attached hydrogens (tertiary/aromatic N) is 1. The van der Waals surface area contributed by atoms with Crippen LogP contribution in [-0.2, 0) is 0 Å². The summed E-state index contributed by atoms with van der Waals surface area (Å²) < 4.78 is 0. The van der Waals surface area contributed by atoms with Crippen molar-refractivity contribution >= 4 is 11.6 Å². The standard InChI is InChI=1S/C10H22ClNO/c1-10(8-11)9-12(2)6-4-3-5-7-13/h10,13H,3-9H2,1-2H3. The Morgan fingerprint density at radius 1 is 1.31 bits per heavy atom. The van der Waals surface area contributed by atoms with E-state index in [2.05, 4.69) is 18.9 Å². The zero-order chi connectivity index (χ0) is 10.1. The molecule has 0 aliphatic heterocycles. The van der Waals surface area contributed by atoms with Crippen molar-refractivity contribution in [1.82, 2.24) is 4.90 Å². The second kappa shape index (κ2) is 8.79. The van der Waals surface area contributed by atoms with E-state index in [-0.39, 0.29) is 0 Å². The number of unbranched alkanes of at least 4 members (excludes halogenated alkanes) is 2. The molecule has 0 fully saturated rings. The highest BCUT2D eigenvalue weighted by Crippen LogP contribution is 2.02. The molecular weight excluding hydrogens is 186 g/mol. The molecule has 0 spiro atoms. The Bertz CT molecular complexity index is 111. The number of rotatable bonds is 8. The number of hydrogen-bond donors (Lipinski definition) is 1. The fourth-order valence-electron chi connectivity index (χ4n) is 1.34. The maximum absolute atomic E-state index is 8.58. The molecular formula is C10H22ClNO. The predicted octanol–water partition coefficient (Wildman–Crippen LogP) is 1.96. The summed E-state index contributed by atoms with van der Waals surface area (Å²) in [6, 6.07) is 0. The van der Waals surface area contributed by atoms with Gasteiger partial charge in [-0.3, -0.25) is 0 Å². The average Bonchev–Trinajstić information content (AvgIpc) is 2.12. The third kappa shape index (κ3) is 8.54. The molecule has 0 aromatic carbocycles. The van der Waals surface area contributed by atoms with Crippen molar-refractivity contribution in [2.24, 2.45) is 5.92 Å². The zero-order valence-electron chi connectivity index (χ0n) is 8.80. The molecule has 0 radical (unpaired) electrons. The van der Waals surface area contributed by atoms with Crippen molar-refractivity contribution in [2.45, 2.75) is 26.2 Å². The molecule has 0 amide bonds. The molecule has 0 aromatic rings. The van der Waals surface area contributed by atoms with Gasteiger partial charge in [-0.1, -0.05) is 6.92 Å². The van der Waals surface area contributed by atoms with Crippen LogP contribution in [-0.4, -0.2) is 42.6 Å². The average molecular weight is 208 g/mol. The molecule has 0 saturated carbocycles. The van der Waals surface area contributed by atoms with Crippen LogP contribution in [0.25, 0.3) is 0 Å². The minimum absolute atomic E-state index is 0.321. The van der Waals surface area contributed by atoms with E-state index in [1.54, 1.807) is 0 Å². The van der Waals surface area contributed by atoms with E-state index in [0.29, 0.717) is 12.5 Å². The Kier molecular flexibility index (Phi) is 8.93. The quantitative estimate of drug-likeness (QED) is 0.486. The van der Waals surface area contributed by atoms with E-state index in [1.807, 2.05) is 0 Å². The van der Waals surface area contributed by atoms with Crippen LogP contribution in [0.4, 0.5) is 0 Å². The fraction of sp³-hybridized carbons (Fsp3) is 1.00. The van der Waals surface area contributed by atoms with Crippen molar-refractivity contribution in [3.8, 4) is 0 Å². The highest BCUT2D eigenvalue weighted by Gasteiger charge is 2.04. The van der Waals surface area contributed by atoms with Gasteiger partial charge in [-0.15, -0.1) is 11.6 Å². The van der Waals surface area contributed by atoms with E-state index in [4.69, 9.17) is 16.7 Å². The molecule has 0 aliphatic carbocycles. The van der Waals surface area contributed by atoms with Gasteiger partial charge >= 0.3 is 0 Å². The topological polar surface area (TPSA) is 23.5 Å². The summed E-state index contributed by atoms with van der Waals surface area (Å²) >= 11 is 5.72. The molecule has 13 heavy (non-hydrogen) atoms. The van der Waals surface area contributed by atoms with Crippen LogP contribution in [0.1, 0.15) is 26.2 Å². The lowest BCUT2D eigenvalue weighted by Gasteiger charge is -2.19. The molecule has 0 heterocycles. The number of hydrogen-bond acceptors (Lipinski definition) is 2. The van der Waals surface area contributed by atoms with Crippen LogP contribution in [0.2, 0.25) is 0 Å². The number of alkyl halides is 1. The lowest BCUT2D eigenvalue weighted by atomic mass is 10.2. The molecule has 0 saturated heterocycles. The van der Waals surface area contributed by atoms with E-state index in [9.17, 15) is 0 Å². The Morgan fingerprint density at radius 2 is 2.00 bits per heavy atom. The smallest absolute Gasteiger partial charge is 0.0431 e. The summed E-state index contributed by atoms with van der Waals surface area (Å²) in [7, 11) is 2.13. The molecule has 2 nitrogen and oxygen atoms in total. The minimum atomic E-state index is 0.321. The third-order valence-electron chi connectivity index (χ3n) is 2.08. The van der Waals surface area contributed by atoms with E-state index >= 15 is 0 Å². The normalized spacial score (nSPS) is 13.6. The van der Waals surface area contributed by atoms with Gasteiger partial charge in [-0.05, 0) is 38.8 Å². The first-order valence-electron chi connectivity index (χ1n) is 5.06.